The third-order valence-corrected chi connectivity index (χ3v) is 3.18. The van der Waals surface area contributed by atoms with E-state index >= 15 is 0 Å². The van der Waals surface area contributed by atoms with Crippen molar-refractivity contribution in [3.8, 4) is 0 Å². The van der Waals surface area contributed by atoms with E-state index in [1.165, 1.54) is 6.42 Å². The fourth-order valence-electron chi connectivity index (χ4n) is 2.33. The maximum atomic E-state index is 11.4. The first-order chi connectivity index (χ1) is 8.76. The highest BCUT2D eigenvalue weighted by Crippen LogP contribution is 2.15. The van der Waals surface area contributed by atoms with Crippen LogP contribution in [0, 0.1) is 5.92 Å². The second-order valence-electron chi connectivity index (χ2n) is 4.75. The Hall–Kier alpha value is -0.650. The first kappa shape index (κ1) is 15.4. The Morgan fingerprint density at radius 2 is 2.33 bits per heavy atom. The Kier molecular flexibility index (Phi) is 7.96. The number of rotatable bonds is 8. The monoisotopic (exact) mass is 258 g/mol. The Morgan fingerprint density at radius 1 is 1.50 bits per heavy atom. The van der Waals surface area contributed by atoms with Crippen molar-refractivity contribution in [2.75, 3.05) is 53.0 Å². The maximum Gasteiger partial charge on any atom is 0.320 e. The van der Waals surface area contributed by atoms with Gasteiger partial charge in [-0.1, -0.05) is 0 Å². The summed E-state index contributed by atoms with van der Waals surface area (Å²) in [5.41, 5.74) is 0. The molecule has 0 aromatic carbocycles. The number of hydrogen-bond donors (Lipinski definition) is 1. The molecule has 0 aromatic heterocycles. The van der Waals surface area contributed by atoms with Crippen LogP contribution in [0.25, 0.3) is 0 Å². The average Bonchev–Trinajstić information content (AvgIpc) is 2.35. The van der Waals surface area contributed by atoms with Crippen LogP contribution in [-0.2, 0) is 14.3 Å². The van der Waals surface area contributed by atoms with Crippen LogP contribution in [0.1, 0.15) is 19.8 Å². The van der Waals surface area contributed by atoms with E-state index in [2.05, 4.69) is 10.2 Å². The van der Waals surface area contributed by atoms with Crippen LogP contribution in [0.15, 0.2) is 0 Å². The lowest BCUT2D eigenvalue weighted by Crippen LogP contribution is -2.42. The SMILES string of the molecule is CCOC(=O)CN1CCCC(CNCCOC)C1. The van der Waals surface area contributed by atoms with Gasteiger partial charge in [0.1, 0.15) is 0 Å². The number of nitrogens with one attached hydrogen (secondary N) is 1. The Balaban J connectivity index is 2.17. The van der Waals surface area contributed by atoms with Gasteiger partial charge in [-0.2, -0.15) is 0 Å². The molecule has 1 fully saturated rings. The Labute approximate surface area is 110 Å². The molecule has 5 heteroatoms. The minimum absolute atomic E-state index is 0.106. The van der Waals surface area contributed by atoms with Crippen LogP contribution in [0.3, 0.4) is 0 Å². The predicted octanol–water partition coefficient (Wildman–Crippen LogP) is 0.498. The van der Waals surface area contributed by atoms with Crippen molar-refractivity contribution < 1.29 is 14.3 Å². The van der Waals surface area contributed by atoms with Crippen LogP contribution in [0.5, 0.6) is 0 Å². The minimum Gasteiger partial charge on any atom is -0.465 e. The van der Waals surface area contributed by atoms with E-state index in [9.17, 15) is 4.79 Å². The maximum absolute atomic E-state index is 11.4. The molecule has 0 radical (unpaired) electrons. The van der Waals surface area contributed by atoms with E-state index in [1.807, 2.05) is 6.92 Å². The quantitative estimate of drug-likeness (QED) is 0.507. The zero-order chi connectivity index (χ0) is 13.2. The summed E-state index contributed by atoms with van der Waals surface area (Å²) in [6.45, 7) is 7.38. The number of methoxy groups -OCH3 is 1. The van der Waals surface area contributed by atoms with Crippen molar-refractivity contribution in [3.63, 3.8) is 0 Å². The summed E-state index contributed by atoms with van der Waals surface area (Å²) in [6.07, 6.45) is 2.40. The predicted molar refractivity (Wildman–Crippen MR) is 70.5 cm³/mol. The van der Waals surface area contributed by atoms with Crippen LogP contribution < -0.4 is 5.32 Å². The summed E-state index contributed by atoms with van der Waals surface area (Å²) in [5.74, 6) is 0.524. The molecule has 106 valence electrons. The minimum atomic E-state index is -0.106. The number of carbonyl (C=O) groups is 1. The summed E-state index contributed by atoms with van der Waals surface area (Å²) in [7, 11) is 1.71. The molecule has 1 rings (SSSR count). The second-order valence-corrected chi connectivity index (χ2v) is 4.75. The van der Waals surface area contributed by atoms with Crippen LogP contribution in [0.2, 0.25) is 0 Å². The molecular weight excluding hydrogens is 232 g/mol. The molecule has 5 nitrogen and oxygen atoms in total. The molecule has 18 heavy (non-hydrogen) atoms. The number of esters is 1. The molecule has 1 unspecified atom stereocenters. The molecule has 0 aliphatic carbocycles. The van der Waals surface area contributed by atoms with Gasteiger partial charge in [0.05, 0.1) is 19.8 Å². The van der Waals surface area contributed by atoms with Crippen molar-refractivity contribution in [2.24, 2.45) is 5.92 Å². The summed E-state index contributed by atoms with van der Waals surface area (Å²) < 4.78 is 9.98. The number of ether oxygens (including phenoxy) is 2. The van der Waals surface area contributed by atoms with Crippen molar-refractivity contribution in [1.82, 2.24) is 10.2 Å². The molecular formula is C13H26N2O3. The number of carbonyl (C=O) groups excluding carboxylic acids is 1. The fourth-order valence-corrected chi connectivity index (χ4v) is 2.33. The van der Waals surface area contributed by atoms with Crippen molar-refractivity contribution in [1.29, 1.82) is 0 Å². The van der Waals surface area contributed by atoms with Crippen molar-refractivity contribution in [2.45, 2.75) is 19.8 Å². The van der Waals surface area contributed by atoms with E-state index in [-0.39, 0.29) is 5.97 Å². The average molecular weight is 258 g/mol. The summed E-state index contributed by atoms with van der Waals surface area (Å²) in [4.78, 5) is 13.6. The number of hydrogen-bond acceptors (Lipinski definition) is 5. The molecule has 1 N–H and O–H groups in total. The topological polar surface area (TPSA) is 50.8 Å². The first-order valence-corrected chi connectivity index (χ1v) is 6.84. The molecule has 0 amide bonds. The van der Waals surface area contributed by atoms with Gasteiger partial charge in [0.15, 0.2) is 0 Å². The number of piperidine rings is 1. The highest BCUT2D eigenvalue weighted by molar-refractivity contribution is 5.71. The molecule has 0 saturated carbocycles. The van der Waals surface area contributed by atoms with Gasteiger partial charge in [-0.25, -0.2) is 0 Å². The summed E-state index contributed by atoms with van der Waals surface area (Å²) in [6, 6.07) is 0. The first-order valence-electron chi connectivity index (χ1n) is 6.84. The molecule has 1 aliphatic rings. The van der Waals surface area contributed by atoms with Gasteiger partial charge < -0.3 is 14.8 Å². The van der Waals surface area contributed by atoms with E-state index in [1.54, 1.807) is 7.11 Å². The Morgan fingerprint density at radius 3 is 3.06 bits per heavy atom. The van der Waals surface area contributed by atoms with Gasteiger partial charge in [0, 0.05) is 20.2 Å². The summed E-state index contributed by atoms with van der Waals surface area (Å²) in [5, 5.41) is 3.39. The van der Waals surface area contributed by atoms with Gasteiger partial charge in [-0.3, -0.25) is 9.69 Å². The lowest BCUT2D eigenvalue weighted by atomic mass is 9.98. The van der Waals surface area contributed by atoms with Gasteiger partial charge in [-0.05, 0) is 38.8 Å². The lowest BCUT2D eigenvalue weighted by molar-refractivity contribution is -0.144. The van der Waals surface area contributed by atoms with Gasteiger partial charge in [0.25, 0.3) is 0 Å². The molecule has 0 bridgehead atoms. The van der Waals surface area contributed by atoms with Crippen LogP contribution in [0.4, 0.5) is 0 Å². The molecule has 0 spiro atoms. The molecule has 1 heterocycles. The van der Waals surface area contributed by atoms with E-state index in [0.717, 1.165) is 39.2 Å². The van der Waals surface area contributed by atoms with Crippen molar-refractivity contribution >= 4 is 5.97 Å². The third kappa shape index (κ3) is 6.33. The molecule has 0 aromatic rings. The third-order valence-electron chi connectivity index (χ3n) is 3.18. The number of likely N-dealkylation sites (tertiary alicyclic amines) is 1. The van der Waals surface area contributed by atoms with E-state index < -0.39 is 0 Å². The fraction of sp³-hybridized carbons (Fsp3) is 0.923. The summed E-state index contributed by atoms with van der Waals surface area (Å²) >= 11 is 0. The highest BCUT2D eigenvalue weighted by atomic mass is 16.5. The van der Waals surface area contributed by atoms with E-state index in [4.69, 9.17) is 9.47 Å². The zero-order valence-corrected chi connectivity index (χ0v) is 11.6. The Bertz CT molecular complexity index is 236. The molecule has 1 atom stereocenters. The molecule has 1 saturated heterocycles. The molecule has 1 aliphatic heterocycles. The number of nitrogens with zero attached hydrogens (tertiary/aromatic N) is 1. The lowest BCUT2D eigenvalue weighted by Gasteiger charge is -2.32. The van der Waals surface area contributed by atoms with Crippen LogP contribution >= 0.6 is 0 Å². The van der Waals surface area contributed by atoms with Gasteiger partial charge >= 0.3 is 5.97 Å². The zero-order valence-electron chi connectivity index (χ0n) is 11.6. The standard InChI is InChI=1S/C13H26N2O3/c1-3-18-13(16)11-15-7-4-5-12(10-15)9-14-6-8-17-2/h12,14H,3-11H2,1-2H3. The highest BCUT2D eigenvalue weighted by Gasteiger charge is 2.21. The van der Waals surface area contributed by atoms with Crippen LogP contribution in [-0.4, -0.2) is 63.9 Å². The van der Waals surface area contributed by atoms with Gasteiger partial charge in [0.2, 0.25) is 0 Å². The second kappa shape index (κ2) is 9.30. The normalized spacial score (nSPS) is 20.9. The van der Waals surface area contributed by atoms with E-state index in [0.29, 0.717) is 19.1 Å². The largest absolute Gasteiger partial charge is 0.465 e. The van der Waals surface area contributed by atoms with Crippen molar-refractivity contribution in [3.05, 3.63) is 0 Å². The van der Waals surface area contributed by atoms with Gasteiger partial charge in [-0.15, -0.1) is 0 Å². The smallest absolute Gasteiger partial charge is 0.320 e.